The summed E-state index contributed by atoms with van der Waals surface area (Å²) in [6.07, 6.45) is -4.74. The topological polar surface area (TPSA) is 108 Å². The van der Waals surface area contributed by atoms with E-state index in [0.717, 1.165) is 0 Å². The van der Waals surface area contributed by atoms with E-state index in [1.807, 2.05) is 0 Å². The Bertz CT molecular complexity index is 935. The minimum absolute atomic E-state index is 0.161. The second kappa shape index (κ2) is 8.52. The Balaban J connectivity index is 2.85. The van der Waals surface area contributed by atoms with E-state index in [1.165, 1.54) is 24.3 Å². The van der Waals surface area contributed by atoms with Gasteiger partial charge in [0, 0.05) is 17.1 Å². The van der Waals surface area contributed by atoms with Gasteiger partial charge in [0.2, 0.25) is 5.75 Å². The lowest BCUT2D eigenvalue weighted by atomic mass is 10.1. The minimum atomic E-state index is -5.15. The molecule has 1 unspecified atom stereocenters. The summed E-state index contributed by atoms with van der Waals surface area (Å²) in [6, 6.07) is 4.81. The number of nitrogens with zero attached hydrogens (tertiary/aromatic N) is 2. The molecule has 12 heteroatoms. The number of rotatable bonds is 7. The van der Waals surface area contributed by atoms with E-state index in [4.69, 9.17) is 16.3 Å². The van der Waals surface area contributed by atoms with Crippen molar-refractivity contribution in [3.8, 4) is 11.5 Å². The Kier molecular flexibility index (Phi) is 6.52. The highest BCUT2D eigenvalue weighted by molar-refractivity contribution is 6.30. The molecule has 0 fully saturated rings. The molecule has 0 heterocycles. The van der Waals surface area contributed by atoms with Crippen molar-refractivity contribution in [1.29, 1.82) is 0 Å². The first-order chi connectivity index (χ1) is 13.5. The van der Waals surface area contributed by atoms with Gasteiger partial charge in [0.1, 0.15) is 11.3 Å². The number of anilines is 1. The molecule has 156 valence electrons. The zero-order valence-corrected chi connectivity index (χ0v) is 15.9. The van der Waals surface area contributed by atoms with Crippen LogP contribution in [0.25, 0.3) is 0 Å². The third-order valence-corrected chi connectivity index (χ3v) is 4.21. The molecule has 0 spiro atoms. The molecule has 0 aliphatic rings. The van der Waals surface area contributed by atoms with Crippen LogP contribution in [-0.4, -0.2) is 15.9 Å². The molecule has 0 aliphatic heterocycles. The van der Waals surface area contributed by atoms with E-state index in [-0.39, 0.29) is 16.8 Å². The highest BCUT2D eigenvalue weighted by Crippen LogP contribution is 2.51. The van der Waals surface area contributed by atoms with Crippen LogP contribution in [0.1, 0.15) is 25.8 Å². The Labute approximate surface area is 167 Å². The third kappa shape index (κ3) is 5.05. The Morgan fingerprint density at radius 2 is 1.76 bits per heavy atom. The average Bonchev–Trinajstić information content (AvgIpc) is 2.61. The lowest BCUT2D eigenvalue weighted by Crippen LogP contribution is -2.18. The van der Waals surface area contributed by atoms with Crippen LogP contribution in [0.5, 0.6) is 11.5 Å². The van der Waals surface area contributed by atoms with Crippen molar-refractivity contribution in [3.05, 3.63) is 61.1 Å². The second-order valence-electron chi connectivity index (χ2n) is 6.02. The van der Waals surface area contributed by atoms with Crippen molar-refractivity contribution < 1.29 is 27.8 Å². The zero-order valence-electron chi connectivity index (χ0n) is 15.1. The summed E-state index contributed by atoms with van der Waals surface area (Å²) >= 11 is 5.73. The van der Waals surface area contributed by atoms with Crippen LogP contribution in [0.3, 0.4) is 0 Å². The molecule has 8 nitrogen and oxygen atoms in total. The lowest BCUT2D eigenvalue weighted by Gasteiger charge is -2.18. The van der Waals surface area contributed by atoms with Crippen molar-refractivity contribution in [2.24, 2.45) is 0 Å². The van der Waals surface area contributed by atoms with Crippen LogP contribution in [0.15, 0.2) is 30.3 Å². The monoisotopic (exact) mass is 433 g/mol. The fourth-order valence-corrected chi connectivity index (χ4v) is 2.51. The fourth-order valence-electron chi connectivity index (χ4n) is 2.38. The van der Waals surface area contributed by atoms with Crippen LogP contribution in [0.4, 0.5) is 30.2 Å². The Morgan fingerprint density at radius 1 is 1.17 bits per heavy atom. The molecule has 1 atom stereocenters. The Hall–Kier alpha value is -3.08. The highest BCUT2D eigenvalue weighted by atomic mass is 35.5. The maximum absolute atomic E-state index is 13.6. The number of nitro groups is 2. The van der Waals surface area contributed by atoms with Gasteiger partial charge in [-0.05, 0) is 37.6 Å². The predicted octanol–water partition coefficient (Wildman–Crippen LogP) is 6.18. The van der Waals surface area contributed by atoms with Gasteiger partial charge in [0.15, 0.2) is 5.69 Å². The predicted molar refractivity (Wildman–Crippen MR) is 99.7 cm³/mol. The lowest BCUT2D eigenvalue weighted by molar-refractivity contribution is -0.393. The van der Waals surface area contributed by atoms with E-state index in [1.54, 1.807) is 13.8 Å². The van der Waals surface area contributed by atoms with Crippen LogP contribution in [0, 0.1) is 20.2 Å². The van der Waals surface area contributed by atoms with Crippen LogP contribution in [-0.2, 0) is 6.18 Å². The molecule has 2 aromatic rings. The Morgan fingerprint density at radius 3 is 2.21 bits per heavy atom. The van der Waals surface area contributed by atoms with Gasteiger partial charge in [-0.1, -0.05) is 18.5 Å². The largest absolute Gasteiger partial charge is 0.449 e. The first-order valence-corrected chi connectivity index (χ1v) is 8.60. The molecule has 0 bridgehead atoms. The molecule has 0 radical (unpaired) electrons. The maximum atomic E-state index is 13.6. The number of nitrogens with one attached hydrogen (secondary N) is 1. The van der Waals surface area contributed by atoms with E-state index < -0.39 is 50.4 Å². The van der Waals surface area contributed by atoms with Gasteiger partial charge < -0.3 is 10.1 Å². The molecule has 2 rings (SSSR count). The van der Waals surface area contributed by atoms with Gasteiger partial charge in [-0.15, -0.1) is 0 Å². The maximum Gasteiger partial charge on any atom is 0.420 e. The van der Waals surface area contributed by atoms with E-state index in [2.05, 4.69) is 5.32 Å². The van der Waals surface area contributed by atoms with Crippen LogP contribution < -0.4 is 10.1 Å². The summed E-state index contributed by atoms with van der Waals surface area (Å²) in [6.45, 7) is 3.27. The normalized spacial score (nSPS) is 12.3. The molecule has 0 amide bonds. The summed E-state index contributed by atoms with van der Waals surface area (Å²) in [4.78, 5) is 20.8. The summed E-state index contributed by atoms with van der Waals surface area (Å²) < 4.78 is 46.0. The van der Waals surface area contributed by atoms with Crippen molar-refractivity contribution in [1.82, 2.24) is 0 Å². The molecule has 0 aromatic heterocycles. The fraction of sp³-hybridized carbons (Fsp3) is 0.294. The molecule has 0 saturated heterocycles. The molecule has 29 heavy (non-hydrogen) atoms. The summed E-state index contributed by atoms with van der Waals surface area (Å²) in [7, 11) is 0. The first-order valence-electron chi connectivity index (χ1n) is 8.22. The summed E-state index contributed by atoms with van der Waals surface area (Å²) in [5, 5.41) is 25.9. The molecular weight excluding hydrogens is 419 g/mol. The second-order valence-corrected chi connectivity index (χ2v) is 6.45. The van der Waals surface area contributed by atoms with Crippen molar-refractivity contribution in [2.75, 3.05) is 5.32 Å². The zero-order chi connectivity index (χ0) is 21.9. The van der Waals surface area contributed by atoms with Crippen molar-refractivity contribution >= 4 is 28.7 Å². The number of ether oxygens (including phenoxy) is 1. The standard InChI is InChI=1S/C17H15ClF3N3O5/c1-3-9(2)22-14-13(23(25)26)8-12(17(19,20)21)16(15(14)24(27)28)29-11-6-4-10(18)5-7-11/h4-9,22H,3H2,1-2H3. The average molecular weight is 434 g/mol. The molecule has 1 N–H and O–H groups in total. The van der Waals surface area contributed by atoms with Gasteiger partial charge >= 0.3 is 11.9 Å². The first kappa shape index (κ1) is 22.2. The number of nitro benzene ring substituents is 2. The number of benzene rings is 2. The molecule has 2 aromatic carbocycles. The number of hydrogen-bond acceptors (Lipinski definition) is 6. The summed E-state index contributed by atoms with van der Waals surface area (Å²) in [5.41, 5.74) is -4.55. The van der Waals surface area contributed by atoms with Gasteiger partial charge in [-0.3, -0.25) is 20.2 Å². The minimum Gasteiger partial charge on any atom is -0.449 e. The van der Waals surface area contributed by atoms with Crippen molar-refractivity contribution in [2.45, 2.75) is 32.5 Å². The molecule has 0 aliphatic carbocycles. The third-order valence-electron chi connectivity index (χ3n) is 3.96. The molecular formula is C17H15ClF3N3O5. The van der Waals surface area contributed by atoms with Gasteiger partial charge in [0.25, 0.3) is 5.69 Å². The quantitative estimate of drug-likeness (QED) is 0.412. The number of hydrogen-bond donors (Lipinski definition) is 1. The van der Waals surface area contributed by atoms with Crippen LogP contribution in [0.2, 0.25) is 5.02 Å². The smallest absolute Gasteiger partial charge is 0.420 e. The number of halogens is 4. The van der Waals surface area contributed by atoms with Gasteiger partial charge in [-0.2, -0.15) is 13.2 Å². The molecule has 0 saturated carbocycles. The SMILES string of the molecule is CCC(C)Nc1c([N+](=O)[O-])cc(C(F)(F)F)c(Oc2ccc(Cl)cc2)c1[N+](=O)[O-]. The van der Waals surface area contributed by atoms with Crippen LogP contribution >= 0.6 is 11.6 Å². The van der Waals surface area contributed by atoms with Gasteiger partial charge in [0.05, 0.1) is 9.85 Å². The van der Waals surface area contributed by atoms with Gasteiger partial charge in [-0.25, -0.2) is 0 Å². The van der Waals surface area contributed by atoms with E-state index >= 15 is 0 Å². The summed E-state index contributed by atoms with van der Waals surface area (Å²) in [5.74, 6) is -1.31. The number of alkyl halides is 3. The van der Waals surface area contributed by atoms with Crippen molar-refractivity contribution in [3.63, 3.8) is 0 Å². The van der Waals surface area contributed by atoms with E-state index in [0.29, 0.717) is 6.42 Å². The highest BCUT2D eigenvalue weighted by Gasteiger charge is 2.44. The van der Waals surface area contributed by atoms with E-state index in [9.17, 15) is 33.4 Å².